The van der Waals surface area contributed by atoms with E-state index in [2.05, 4.69) is 19.1 Å². The minimum atomic E-state index is -0.544. The van der Waals surface area contributed by atoms with Gasteiger partial charge >= 0.3 is 5.97 Å². The van der Waals surface area contributed by atoms with Gasteiger partial charge in [-0.2, -0.15) is 0 Å². The van der Waals surface area contributed by atoms with Crippen LogP contribution in [0, 0.1) is 0 Å². The van der Waals surface area contributed by atoms with Crippen molar-refractivity contribution in [1.29, 1.82) is 0 Å². The number of carbonyl (C=O) groups excluding carboxylic acids is 1. The first kappa shape index (κ1) is 38.0. The lowest BCUT2D eigenvalue weighted by atomic mass is 10.0. The van der Waals surface area contributed by atoms with Gasteiger partial charge in [0.15, 0.2) is 0 Å². The summed E-state index contributed by atoms with van der Waals surface area (Å²) in [6, 6.07) is 0. The van der Waals surface area contributed by atoms with E-state index in [1.165, 1.54) is 89.9 Å². The molecule has 43 heavy (non-hydrogen) atoms. The first-order chi connectivity index (χ1) is 20.9. The molecule has 0 aromatic heterocycles. The summed E-state index contributed by atoms with van der Waals surface area (Å²) in [5, 5.41) is 31.4. The number of hydrogen-bond acceptors (Lipinski definition) is 6. The Hall–Kier alpha value is -1.21. The van der Waals surface area contributed by atoms with Crippen molar-refractivity contribution in [3.8, 4) is 0 Å². The zero-order valence-corrected chi connectivity index (χ0v) is 27.7. The lowest BCUT2D eigenvalue weighted by Gasteiger charge is -2.22. The second-order valence-corrected chi connectivity index (χ2v) is 13.3. The van der Waals surface area contributed by atoms with Gasteiger partial charge < -0.3 is 24.8 Å². The third-order valence-corrected chi connectivity index (χ3v) is 9.20. The highest BCUT2D eigenvalue weighted by Crippen LogP contribution is 2.28. The lowest BCUT2D eigenvalue weighted by molar-refractivity contribution is -0.139. The Morgan fingerprint density at radius 2 is 1.21 bits per heavy atom. The van der Waals surface area contributed by atoms with Gasteiger partial charge in [-0.15, -0.1) is 0 Å². The fourth-order valence-electron chi connectivity index (χ4n) is 6.46. The van der Waals surface area contributed by atoms with Gasteiger partial charge in [-0.3, -0.25) is 0 Å². The summed E-state index contributed by atoms with van der Waals surface area (Å²) in [4.78, 5) is 11.7. The van der Waals surface area contributed by atoms with Gasteiger partial charge in [0.25, 0.3) is 0 Å². The van der Waals surface area contributed by atoms with Crippen molar-refractivity contribution in [2.75, 3.05) is 0 Å². The predicted molar refractivity (Wildman–Crippen MR) is 176 cm³/mol. The molecule has 0 bridgehead atoms. The molecule has 0 radical (unpaired) electrons. The van der Waals surface area contributed by atoms with Crippen molar-refractivity contribution < 1.29 is 29.6 Å². The van der Waals surface area contributed by atoms with Crippen molar-refractivity contribution in [2.24, 2.45) is 0 Å². The number of hydrogen-bond donors (Lipinski definition) is 3. The van der Waals surface area contributed by atoms with Gasteiger partial charge in [-0.05, 0) is 64.4 Å². The van der Waals surface area contributed by atoms with E-state index < -0.39 is 18.3 Å². The number of cyclic esters (lactones) is 1. The molecule has 6 atom stereocenters. The Labute approximate surface area is 263 Å². The molecule has 2 aliphatic heterocycles. The van der Waals surface area contributed by atoms with Crippen molar-refractivity contribution in [2.45, 2.75) is 205 Å². The molecule has 3 N–H and O–H groups in total. The maximum absolute atomic E-state index is 11.7. The summed E-state index contributed by atoms with van der Waals surface area (Å²) in [5.41, 5.74) is 0.576. The summed E-state index contributed by atoms with van der Waals surface area (Å²) in [6.07, 6.45) is 30.8. The number of aliphatic hydroxyl groups excluding tert-OH is 3. The number of esters is 1. The van der Waals surface area contributed by atoms with Crippen LogP contribution in [0.4, 0.5) is 0 Å². The van der Waals surface area contributed by atoms with Crippen LogP contribution >= 0.6 is 0 Å². The van der Waals surface area contributed by atoms with Crippen LogP contribution in [-0.2, 0) is 14.3 Å². The monoisotopic (exact) mass is 606 g/mol. The summed E-state index contributed by atoms with van der Waals surface area (Å²) in [5.74, 6) is -0.312. The standard InChI is InChI=1S/C37H66O6/c1-3-4-5-6-7-8-9-10-11-12-13-14-15-18-21-24-33(39)35-26-27-36(43-35)34(40)25-22-19-16-17-20-23-32(38)29-31-28-30(2)42-37(31)41/h16-17,28,30,32-36,38-40H,3-15,18-27,29H2,1-2H3/b17-16+/t30-,32+,33+,34+,35+,36+/m0/s1. The number of rotatable bonds is 27. The predicted octanol–water partition coefficient (Wildman–Crippen LogP) is 8.65. The number of carbonyl (C=O) groups is 1. The zero-order chi connectivity index (χ0) is 31.1. The molecule has 0 aromatic carbocycles. The van der Waals surface area contributed by atoms with Gasteiger partial charge in [0.2, 0.25) is 0 Å². The summed E-state index contributed by atoms with van der Waals surface area (Å²) >= 11 is 0. The van der Waals surface area contributed by atoms with E-state index in [0.29, 0.717) is 24.8 Å². The molecule has 6 nitrogen and oxygen atoms in total. The lowest BCUT2D eigenvalue weighted by Crippen LogP contribution is -2.31. The van der Waals surface area contributed by atoms with Crippen LogP contribution in [0.3, 0.4) is 0 Å². The van der Waals surface area contributed by atoms with Crippen molar-refractivity contribution in [1.82, 2.24) is 0 Å². The van der Waals surface area contributed by atoms with E-state index in [9.17, 15) is 20.1 Å². The van der Waals surface area contributed by atoms with E-state index in [1.54, 1.807) is 6.08 Å². The molecule has 0 unspecified atom stereocenters. The largest absolute Gasteiger partial charge is 0.455 e. The van der Waals surface area contributed by atoms with Crippen LogP contribution in [0.1, 0.15) is 168 Å². The molecular weight excluding hydrogens is 540 g/mol. The molecule has 6 heteroatoms. The second kappa shape index (κ2) is 24.1. The Morgan fingerprint density at radius 1 is 0.721 bits per heavy atom. The SMILES string of the molecule is CCCCCCCCCCCCCCCCC[C@@H](O)[C@H]1CC[C@H]([C@H](O)CCC/C=C/CC[C@@H](O)CC2=C[C@H](C)OC2=O)O1. The maximum atomic E-state index is 11.7. The van der Waals surface area contributed by atoms with Crippen LogP contribution in [-0.4, -0.2) is 57.9 Å². The first-order valence-electron chi connectivity index (χ1n) is 18.2. The van der Waals surface area contributed by atoms with Gasteiger partial charge in [-0.1, -0.05) is 115 Å². The second-order valence-electron chi connectivity index (χ2n) is 13.3. The van der Waals surface area contributed by atoms with Crippen LogP contribution < -0.4 is 0 Å². The highest BCUT2D eigenvalue weighted by atomic mass is 16.5. The van der Waals surface area contributed by atoms with E-state index in [-0.39, 0.29) is 24.3 Å². The third-order valence-electron chi connectivity index (χ3n) is 9.20. The average Bonchev–Trinajstić information content (AvgIpc) is 3.60. The number of aliphatic hydroxyl groups is 3. The minimum Gasteiger partial charge on any atom is -0.455 e. The highest BCUT2D eigenvalue weighted by Gasteiger charge is 2.34. The summed E-state index contributed by atoms with van der Waals surface area (Å²) in [7, 11) is 0. The fraction of sp³-hybridized carbons (Fsp3) is 0.865. The molecule has 2 rings (SSSR count). The number of allylic oxidation sites excluding steroid dienone is 2. The van der Waals surface area contributed by atoms with Gasteiger partial charge in [-0.25, -0.2) is 4.79 Å². The molecule has 0 amide bonds. The normalized spacial score (nSPS) is 22.7. The number of ether oxygens (including phenoxy) is 2. The van der Waals surface area contributed by atoms with Gasteiger partial charge in [0.05, 0.1) is 30.5 Å². The molecule has 1 saturated heterocycles. The van der Waals surface area contributed by atoms with E-state index >= 15 is 0 Å². The van der Waals surface area contributed by atoms with E-state index in [4.69, 9.17) is 9.47 Å². The van der Waals surface area contributed by atoms with Gasteiger partial charge in [0.1, 0.15) is 6.10 Å². The molecule has 250 valence electrons. The zero-order valence-electron chi connectivity index (χ0n) is 27.7. The Bertz CT molecular complexity index is 764. The van der Waals surface area contributed by atoms with Crippen LogP contribution in [0.15, 0.2) is 23.8 Å². The van der Waals surface area contributed by atoms with Crippen molar-refractivity contribution >= 4 is 5.97 Å². The van der Waals surface area contributed by atoms with E-state index in [0.717, 1.165) is 44.9 Å². The van der Waals surface area contributed by atoms with Gasteiger partial charge in [0, 0.05) is 12.0 Å². The minimum absolute atomic E-state index is 0.136. The molecular formula is C37H66O6. The van der Waals surface area contributed by atoms with Crippen LogP contribution in [0.5, 0.6) is 0 Å². The Balaban J connectivity index is 1.39. The molecule has 2 heterocycles. The fourth-order valence-corrected chi connectivity index (χ4v) is 6.46. The average molecular weight is 607 g/mol. The van der Waals surface area contributed by atoms with Crippen LogP contribution in [0.25, 0.3) is 0 Å². The van der Waals surface area contributed by atoms with Crippen molar-refractivity contribution in [3.05, 3.63) is 23.8 Å². The topological polar surface area (TPSA) is 96.2 Å². The summed E-state index contributed by atoms with van der Waals surface area (Å²) < 4.78 is 11.1. The molecule has 0 spiro atoms. The highest BCUT2D eigenvalue weighted by molar-refractivity contribution is 5.90. The third kappa shape index (κ3) is 17.8. The smallest absolute Gasteiger partial charge is 0.334 e. The molecule has 1 fully saturated rings. The first-order valence-corrected chi connectivity index (χ1v) is 18.2. The Kier molecular flexibility index (Phi) is 21.3. The summed E-state index contributed by atoms with van der Waals surface area (Å²) in [6.45, 7) is 4.10. The molecule has 2 aliphatic rings. The Morgan fingerprint density at radius 3 is 1.72 bits per heavy atom. The maximum Gasteiger partial charge on any atom is 0.334 e. The molecule has 0 aromatic rings. The van der Waals surface area contributed by atoms with E-state index in [1.807, 2.05) is 6.92 Å². The van der Waals surface area contributed by atoms with Crippen molar-refractivity contribution in [3.63, 3.8) is 0 Å². The quantitative estimate of drug-likeness (QED) is 0.0492. The van der Waals surface area contributed by atoms with Crippen LogP contribution in [0.2, 0.25) is 0 Å². The number of unbranched alkanes of at least 4 members (excludes halogenated alkanes) is 15. The molecule has 0 saturated carbocycles. The molecule has 0 aliphatic carbocycles.